The third-order valence-electron chi connectivity index (χ3n) is 1.40. The summed E-state index contributed by atoms with van der Waals surface area (Å²) in [5, 5.41) is 12.6. The predicted molar refractivity (Wildman–Crippen MR) is 37.0 cm³/mol. The van der Waals surface area contributed by atoms with E-state index in [-0.39, 0.29) is 6.61 Å². The zero-order valence-corrected chi connectivity index (χ0v) is 5.91. The molecule has 4 heteroatoms. The molecule has 4 nitrogen and oxygen atoms in total. The van der Waals surface area contributed by atoms with Crippen LogP contribution < -0.4 is 5.73 Å². The minimum absolute atomic E-state index is 0.0200. The van der Waals surface area contributed by atoms with Crippen LogP contribution in [0.15, 0.2) is 6.07 Å². The van der Waals surface area contributed by atoms with E-state index in [2.05, 4.69) is 5.10 Å². The van der Waals surface area contributed by atoms with Gasteiger partial charge in [0.2, 0.25) is 0 Å². The van der Waals surface area contributed by atoms with E-state index in [1.165, 1.54) is 0 Å². The van der Waals surface area contributed by atoms with Crippen molar-refractivity contribution in [2.45, 2.75) is 13.2 Å². The zero-order chi connectivity index (χ0) is 7.56. The molecule has 0 aliphatic heterocycles. The SMILES string of the molecule is Cn1nc(CO)cc1CN. The van der Waals surface area contributed by atoms with Crippen molar-refractivity contribution < 1.29 is 5.11 Å². The van der Waals surface area contributed by atoms with Crippen molar-refractivity contribution in [3.05, 3.63) is 17.5 Å². The number of nitrogens with two attached hydrogens (primary N) is 1. The van der Waals surface area contributed by atoms with E-state index in [0.29, 0.717) is 12.2 Å². The van der Waals surface area contributed by atoms with Crippen LogP contribution in [0.1, 0.15) is 11.4 Å². The van der Waals surface area contributed by atoms with E-state index in [1.54, 1.807) is 17.8 Å². The lowest BCUT2D eigenvalue weighted by Crippen LogP contribution is -2.03. The van der Waals surface area contributed by atoms with Crippen LogP contribution in [0.5, 0.6) is 0 Å². The minimum atomic E-state index is -0.0200. The van der Waals surface area contributed by atoms with Crippen molar-refractivity contribution >= 4 is 0 Å². The molecule has 3 N–H and O–H groups in total. The molecule has 0 bridgehead atoms. The summed E-state index contributed by atoms with van der Waals surface area (Å²) in [6.45, 7) is 0.442. The van der Waals surface area contributed by atoms with Gasteiger partial charge in [-0.1, -0.05) is 0 Å². The Balaban J connectivity index is 2.92. The fraction of sp³-hybridized carbons (Fsp3) is 0.500. The average molecular weight is 141 g/mol. The van der Waals surface area contributed by atoms with Crippen molar-refractivity contribution in [3.8, 4) is 0 Å². The number of hydrogen-bond donors (Lipinski definition) is 2. The second-order valence-electron chi connectivity index (χ2n) is 2.11. The van der Waals surface area contributed by atoms with Gasteiger partial charge in [0.15, 0.2) is 0 Å². The smallest absolute Gasteiger partial charge is 0.0882 e. The number of rotatable bonds is 2. The molecular formula is C6H11N3O. The Labute approximate surface area is 59.3 Å². The Morgan fingerprint density at radius 3 is 2.80 bits per heavy atom. The number of aliphatic hydroxyl groups excluding tert-OH is 1. The molecule has 0 amide bonds. The highest BCUT2D eigenvalue weighted by molar-refractivity contribution is 5.08. The first-order chi connectivity index (χ1) is 4.77. The third-order valence-corrected chi connectivity index (χ3v) is 1.40. The van der Waals surface area contributed by atoms with Crippen LogP contribution in [0.25, 0.3) is 0 Å². The summed E-state index contributed by atoms with van der Waals surface area (Å²) in [6, 6.07) is 1.79. The largest absolute Gasteiger partial charge is 0.390 e. The number of aliphatic hydroxyl groups is 1. The van der Waals surface area contributed by atoms with Crippen molar-refractivity contribution in [2.75, 3.05) is 0 Å². The van der Waals surface area contributed by atoms with Gasteiger partial charge >= 0.3 is 0 Å². The maximum Gasteiger partial charge on any atom is 0.0882 e. The normalized spacial score (nSPS) is 10.3. The summed E-state index contributed by atoms with van der Waals surface area (Å²) in [7, 11) is 1.81. The monoisotopic (exact) mass is 141 g/mol. The summed E-state index contributed by atoms with van der Waals surface area (Å²) in [6.07, 6.45) is 0. The highest BCUT2D eigenvalue weighted by Gasteiger charge is 2.00. The van der Waals surface area contributed by atoms with Gasteiger partial charge in [-0.25, -0.2) is 0 Å². The summed E-state index contributed by atoms with van der Waals surface area (Å²) < 4.78 is 1.67. The van der Waals surface area contributed by atoms with E-state index in [4.69, 9.17) is 10.8 Å². The molecule has 1 aromatic rings. The van der Waals surface area contributed by atoms with Crippen molar-refractivity contribution in [3.63, 3.8) is 0 Å². The highest BCUT2D eigenvalue weighted by atomic mass is 16.3. The third kappa shape index (κ3) is 1.17. The first-order valence-corrected chi connectivity index (χ1v) is 3.10. The molecule has 0 aliphatic rings. The Morgan fingerprint density at radius 2 is 2.50 bits per heavy atom. The molecule has 0 fully saturated rings. The Bertz CT molecular complexity index is 219. The fourth-order valence-corrected chi connectivity index (χ4v) is 0.840. The number of aromatic nitrogens is 2. The minimum Gasteiger partial charge on any atom is -0.390 e. The first-order valence-electron chi connectivity index (χ1n) is 3.10. The molecule has 0 aliphatic carbocycles. The summed E-state index contributed by atoms with van der Waals surface area (Å²) in [4.78, 5) is 0. The zero-order valence-electron chi connectivity index (χ0n) is 5.91. The van der Waals surface area contributed by atoms with Crippen LogP contribution in [-0.2, 0) is 20.2 Å². The molecule has 0 unspecified atom stereocenters. The summed E-state index contributed by atoms with van der Waals surface area (Å²) in [5.74, 6) is 0. The van der Waals surface area contributed by atoms with Crippen LogP contribution in [0.4, 0.5) is 0 Å². The van der Waals surface area contributed by atoms with Crippen molar-refractivity contribution in [2.24, 2.45) is 12.8 Å². The molecule has 0 aromatic carbocycles. The van der Waals surface area contributed by atoms with Crippen LogP contribution in [0, 0.1) is 0 Å². The Hall–Kier alpha value is -0.870. The van der Waals surface area contributed by atoms with Gasteiger partial charge in [0.1, 0.15) is 0 Å². The molecule has 1 rings (SSSR count). The maximum absolute atomic E-state index is 8.65. The van der Waals surface area contributed by atoms with Gasteiger partial charge in [-0.3, -0.25) is 4.68 Å². The molecule has 0 atom stereocenters. The van der Waals surface area contributed by atoms with E-state index in [9.17, 15) is 0 Å². The van der Waals surface area contributed by atoms with Gasteiger partial charge in [-0.2, -0.15) is 5.10 Å². The van der Waals surface area contributed by atoms with Crippen LogP contribution in [0.2, 0.25) is 0 Å². The number of nitrogens with zero attached hydrogens (tertiary/aromatic N) is 2. The Morgan fingerprint density at radius 1 is 1.80 bits per heavy atom. The molecule has 0 spiro atoms. The molecule has 0 saturated carbocycles. The topological polar surface area (TPSA) is 64.1 Å². The van der Waals surface area contributed by atoms with E-state index in [1.807, 2.05) is 0 Å². The van der Waals surface area contributed by atoms with Crippen LogP contribution in [0.3, 0.4) is 0 Å². The maximum atomic E-state index is 8.65. The van der Waals surface area contributed by atoms with E-state index in [0.717, 1.165) is 5.69 Å². The lowest BCUT2D eigenvalue weighted by molar-refractivity contribution is 0.275. The van der Waals surface area contributed by atoms with Gasteiger partial charge in [-0.15, -0.1) is 0 Å². The molecule has 0 saturated heterocycles. The molecule has 56 valence electrons. The lowest BCUT2D eigenvalue weighted by atomic mass is 10.3. The molecular weight excluding hydrogens is 130 g/mol. The Kier molecular flexibility index (Phi) is 2.03. The fourth-order valence-electron chi connectivity index (χ4n) is 0.840. The number of hydrogen-bond acceptors (Lipinski definition) is 3. The quantitative estimate of drug-likeness (QED) is 0.576. The highest BCUT2D eigenvalue weighted by Crippen LogP contribution is 2.00. The van der Waals surface area contributed by atoms with Gasteiger partial charge in [0.05, 0.1) is 18.0 Å². The van der Waals surface area contributed by atoms with Gasteiger partial charge in [0.25, 0.3) is 0 Å². The number of aryl methyl sites for hydroxylation is 1. The second kappa shape index (κ2) is 2.81. The molecule has 10 heavy (non-hydrogen) atoms. The van der Waals surface area contributed by atoms with Crippen molar-refractivity contribution in [1.29, 1.82) is 0 Å². The van der Waals surface area contributed by atoms with Gasteiger partial charge in [-0.05, 0) is 6.07 Å². The molecule has 1 aromatic heterocycles. The molecule has 1 heterocycles. The lowest BCUT2D eigenvalue weighted by Gasteiger charge is -1.93. The summed E-state index contributed by atoms with van der Waals surface area (Å²) >= 11 is 0. The van der Waals surface area contributed by atoms with Crippen LogP contribution in [-0.4, -0.2) is 14.9 Å². The van der Waals surface area contributed by atoms with Crippen molar-refractivity contribution in [1.82, 2.24) is 9.78 Å². The first kappa shape index (κ1) is 7.24. The van der Waals surface area contributed by atoms with Gasteiger partial charge < -0.3 is 10.8 Å². The van der Waals surface area contributed by atoms with E-state index >= 15 is 0 Å². The predicted octanol–water partition coefficient (Wildman–Crippen LogP) is -0.629. The summed E-state index contributed by atoms with van der Waals surface area (Å²) in [5.41, 5.74) is 6.98. The van der Waals surface area contributed by atoms with E-state index < -0.39 is 0 Å². The van der Waals surface area contributed by atoms with Gasteiger partial charge in [0, 0.05) is 13.6 Å². The average Bonchev–Trinajstić information content (AvgIpc) is 2.30. The molecule has 0 radical (unpaired) electrons. The van der Waals surface area contributed by atoms with Crippen LogP contribution >= 0.6 is 0 Å². The standard InChI is InChI=1S/C6H11N3O/c1-9-6(3-7)2-5(4-10)8-9/h2,10H,3-4,7H2,1H3. The second-order valence-corrected chi connectivity index (χ2v) is 2.11.